The molecule has 2 aliphatic rings. The number of hydrogen-bond donors (Lipinski definition) is 4. The van der Waals surface area contributed by atoms with E-state index < -0.39 is 40.8 Å². The van der Waals surface area contributed by atoms with E-state index in [1.165, 1.54) is 24.1 Å². The molecule has 1 aliphatic carbocycles. The molecule has 1 aliphatic heterocycles. The van der Waals surface area contributed by atoms with Gasteiger partial charge in [0.15, 0.2) is 23.5 Å². The van der Waals surface area contributed by atoms with E-state index in [0.717, 1.165) is 0 Å². The molecule has 1 saturated heterocycles. The standard InChI is InChI=1S/C15H19N5O5/c1-6(21)8(22)9-14(23)13(2,3)15(14,24)12(25-9)20-5-19-7-10(16)17-4-18-11(7)20/h4-5,8-9,12,22-24H,1-3H3,(H2,16,17,18)/t8-,9+,12+,14-,15+/m0/s1. The molecule has 134 valence electrons. The number of nitrogen functional groups attached to an aromatic ring is 1. The highest BCUT2D eigenvalue weighted by Gasteiger charge is 2.93. The number of fused-ring (bicyclic) bond motifs is 2. The molecule has 0 amide bonds. The number of carbonyl (C=O) groups excluding carboxylic acids is 1. The van der Waals surface area contributed by atoms with Crippen LogP contribution < -0.4 is 5.73 Å². The van der Waals surface area contributed by atoms with E-state index in [2.05, 4.69) is 15.0 Å². The van der Waals surface area contributed by atoms with Crippen LogP contribution in [0.2, 0.25) is 0 Å². The van der Waals surface area contributed by atoms with E-state index >= 15 is 0 Å². The minimum Gasteiger partial charge on any atom is -0.383 e. The summed E-state index contributed by atoms with van der Waals surface area (Å²) >= 11 is 0. The lowest BCUT2D eigenvalue weighted by Crippen LogP contribution is -2.45. The molecule has 5 N–H and O–H groups in total. The van der Waals surface area contributed by atoms with Crippen LogP contribution in [-0.4, -0.2) is 64.0 Å². The largest absolute Gasteiger partial charge is 0.383 e. The van der Waals surface area contributed by atoms with Crippen molar-refractivity contribution in [3.8, 4) is 0 Å². The van der Waals surface area contributed by atoms with E-state index in [1.807, 2.05) is 0 Å². The van der Waals surface area contributed by atoms with Gasteiger partial charge in [0.1, 0.15) is 35.3 Å². The van der Waals surface area contributed by atoms with Crippen molar-refractivity contribution < 1.29 is 24.9 Å². The molecule has 10 heteroatoms. The van der Waals surface area contributed by atoms with Crippen LogP contribution in [0.15, 0.2) is 12.7 Å². The van der Waals surface area contributed by atoms with Gasteiger partial charge < -0.3 is 25.8 Å². The first-order chi connectivity index (χ1) is 11.6. The molecule has 5 atom stereocenters. The topological polar surface area (TPSA) is 157 Å². The minimum atomic E-state index is -1.80. The van der Waals surface area contributed by atoms with Gasteiger partial charge in [-0.15, -0.1) is 0 Å². The summed E-state index contributed by atoms with van der Waals surface area (Å²) in [7, 11) is 0. The first kappa shape index (κ1) is 16.3. The van der Waals surface area contributed by atoms with Crippen LogP contribution in [0.4, 0.5) is 5.82 Å². The number of Topliss-reactive ketones (excluding diaryl/α,β-unsaturated/α-hetero) is 1. The zero-order valence-electron chi connectivity index (χ0n) is 13.9. The number of nitrogens with two attached hydrogens (primary N) is 1. The highest BCUT2D eigenvalue weighted by Crippen LogP contribution is 2.75. The number of imidazole rings is 1. The van der Waals surface area contributed by atoms with E-state index in [1.54, 1.807) is 13.8 Å². The molecule has 0 bridgehead atoms. The van der Waals surface area contributed by atoms with Crippen molar-refractivity contribution in [3.63, 3.8) is 0 Å². The minimum absolute atomic E-state index is 0.166. The predicted molar refractivity (Wildman–Crippen MR) is 84.0 cm³/mol. The first-order valence-corrected chi connectivity index (χ1v) is 7.80. The molecule has 0 spiro atoms. The molecule has 25 heavy (non-hydrogen) atoms. The third kappa shape index (κ3) is 1.58. The summed E-state index contributed by atoms with van der Waals surface area (Å²) in [4.78, 5) is 23.7. The van der Waals surface area contributed by atoms with Crippen molar-refractivity contribution in [1.29, 1.82) is 0 Å². The Balaban J connectivity index is 1.86. The van der Waals surface area contributed by atoms with E-state index in [9.17, 15) is 20.1 Å². The molecule has 2 fully saturated rings. The molecule has 3 heterocycles. The van der Waals surface area contributed by atoms with E-state index in [-0.39, 0.29) is 5.82 Å². The van der Waals surface area contributed by atoms with Crippen LogP contribution in [0, 0.1) is 5.41 Å². The summed E-state index contributed by atoms with van der Waals surface area (Å²) in [5, 5.41) is 32.4. The fourth-order valence-corrected chi connectivity index (χ4v) is 4.13. The third-order valence-electron chi connectivity index (χ3n) is 5.81. The van der Waals surface area contributed by atoms with Crippen LogP contribution in [0.25, 0.3) is 11.2 Å². The van der Waals surface area contributed by atoms with Crippen LogP contribution in [-0.2, 0) is 9.53 Å². The second-order valence-electron chi connectivity index (χ2n) is 7.21. The van der Waals surface area contributed by atoms with Gasteiger partial charge in [-0.05, 0) is 6.92 Å². The number of hydrogen-bond acceptors (Lipinski definition) is 9. The van der Waals surface area contributed by atoms with Gasteiger partial charge in [0.05, 0.1) is 6.33 Å². The zero-order valence-corrected chi connectivity index (χ0v) is 13.9. The molecule has 0 radical (unpaired) electrons. The van der Waals surface area contributed by atoms with Gasteiger partial charge in [0.25, 0.3) is 0 Å². The number of ketones is 1. The molecule has 4 rings (SSSR count). The van der Waals surface area contributed by atoms with Crippen molar-refractivity contribution in [3.05, 3.63) is 12.7 Å². The highest BCUT2D eigenvalue weighted by atomic mass is 16.6. The highest BCUT2D eigenvalue weighted by molar-refractivity contribution is 5.82. The number of aliphatic hydroxyl groups is 3. The number of ether oxygens (including phenoxy) is 1. The first-order valence-electron chi connectivity index (χ1n) is 7.80. The number of aliphatic hydroxyl groups excluding tert-OH is 1. The van der Waals surface area contributed by atoms with Crippen molar-refractivity contribution in [2.75, 3.05) is 5.73 Å². The third-order valence-corrected chi connectivity index (χ3v) is 5.81. The van der Waals surface area contributed by atoms with Crippen molar-refractivity contribution in [2.24, 2.45) is 5.41 Å². The smallest absolute Gasteiger partial charge is 0.169 e. The van der Waals surface area contributed by atoms with Gasteiger partial charge in [-0.2, -0.15) is 0 Å². The Labute approximate surface area is 142 Å². The Morgan fingerprint density at radius 3 is 2.64 bits per heavy atom. The number of anilines is 1. The maximum atomic E-state index is 11.6. The van der Waals surface area contributed by atoms with Crippen LogP contribution >= 0.6 is 0 Å². The van der Waals surface area contributed by atoms with Crippen LogP contribution in [0.1, 0.15) is 27.0 Å². The molecule has 2 aromatic heterocycles. The monoisotopic (exact) mass is 349 g/mol. The quantitative estimate of drug-likeness (QED) is 0.532. The number of carbonyl (C=O) groups is 1. The summed E-state index contributed by atoms with van der Waals surface area (Å²) in [6.45, 7) is 4.48. The average molecular weight is 349 g/mol. The Morgan fingerprint density at radius 1 is 1.32 bits per heavy atom. The maximum Gasteiger partial charge on any atom is 0.169 e. The van der Waals surface area contributed by atoms with Crippen LogP contribution in [0.5, 0.6) is 0 Å². The van der Waals surface area contributed by atoms with Gasteiger partial charge in [-0.25, -0.2) is 15.0 Å². The maximum absolute atomic E-state index is 11.6. The molecule has 0 unspecified atom stereocenters. The zero-order chi connectivity index (χ0) is 18.4. The fraction of sp³-hybridized carbons (Fsp3) is 0.600. The normalized spacial score (nSPS) is 37.0. The molecular weight excluding hydrogens is 330 g/mol. The Kier molecular flexibility index (Phi) is 2.96. The van der Waals surface area contributed by atoms with E-state index in [0.29, 0.717) is 11.2 Å². The summed E-state index contributed by atoms with van der Waals surface area (Å²) in [6, 6.07) is 0. The van der Waals surface area contributed by atoms with Gasteiger partial charge in [-0.1, -0.05) is 13.8 Å². The SMILES string of the molecule is CC(=O)[C@H](O)[C@H]1O[C@@H](n2cnc3c(N)ncnc32)[C@@]2(O)C(C)(C)[C@@]12O. The van der Waals surface area contributed by atoms with Gasteiger partial charge in [0.2, 0.25) is 0 Å². The summed E-state index contributed by atoms with van der Waals surface area (Å²) in [5.41, 5.74) is 1.85. The number of rotatable bonds is 3. The van der Waals surface area contributed by atoms with E-state index in [4.69, 9.17) is 10.5 Å². The summed E-state index contributed by atoms with van der Waals surface area (Å²) in [6.07, 6.45) is -1.34. The lowest BCUT2D eigenvalue weighted by molar-refractivity contribution is -0.159. The molecule has 2 aromatic rings. The van der Waals surface area contributed by atoms with Crippen molar-refractivity contribution in [2.45, 2.75) is 50.4 Å². The van der Waals surface area contributed by atoms with Crippen molar-refractivity contribution >= 4 is 22.8 Å². The Bertz CT molecular complexity index is 898. The predicted octanol–water partition coefficient (Wildman–Crippen LogP) is -1.24. The summed E-state index contributed by atoms with van der Waals surface area (Å²) < 4.78 is 7.16. The fourth-order valence-electron chi connectivity index (χ4n) is 4.13. The van der Waals surface area contributed by atoms with Crippen LogP contribution in [0.3, 0.4) is 0 Å². The lowest BCUT2D eigenvalue weighted by Gasteiger charge is -2.29. The molecule has 1 saturated carbocycles. The Morgan fingerprint density at radius 2 is 2.00 bits per heavy atom. The average Bonchev–Trinajstić information content (AvgIpc) is 2.93. The number of aromatic nitrogens is 4. The van der Waals surface area contributed by atoms with Gasteiger partial charge in [0, 0.05) is 5.41 Å². The Hall–Kier alpha value is -2.14. The lowest BCUT2D eigenvalue weighted by atomic mass is 9.96. The van der Waals surface area contributed by atoms with Gasteiger partial charge >= 0.3 is 0 Å². The molecular formula is C15H19N5O5. The second kappa shape index (κ2) is 4.52. The molecule has 10 nitrogen and oxygen atoms in total. The summed E-state index contributed by atoms with van der Waals surface area (Å²) in [5.74, 6) is -0.398. The number of nitrogens with zero attached hydrogens (tertiary/aromatic N) is 4. The molecule has 0 aromatic carbocycles. The second-order valence-corrected chi connectivity index (χ2v) is 7.21. The van der Waals surface area contributed by atoms with Crippen molar-refractivity contribution in [1.82, 2.24) is 19.5 Å². The van der Waals surface area contributed by atoms with Gasteiger partial charge in [-0.3, -0.25) is 9.36 Å².